The molecule has 1 saturated heterocycles. The largest absolute Gasteiger partial charge is 0.387 e. The summed E-state index contributed by atoms with van der Waals surface area (Å²) >= 11 is 0. The van der Waals surface area contributed by atoms with Crippen molar-refractivity contribution >= 4 is 24.6 Å². The second-order valence-corrected chi connectivity index (χ2v) is 10.8. The lowest BCUT2D eigenvalue weighted by molar-refractivity contribution is -0.109. The van der Waals surface area contributed by atoms with Crippen molar-refractivity contribution in [3.63, 3.8) is 0 Å². The van der Waals surface area contributed by atoms with E-state index in [2.05, 4.69) is 15.0 Å². The highest BCUT2D eigenvalue weighted by Crippen LogP contribution is 2.61. The Kier molecular flexibility index (Phi) is 4.79. The fourth-order valence-corrected chi connectivity index (χ4v) is 5.12. The fourth-order valence-electron chi connectivity index (χ4n) is 4.09. The number of aliphatic hydroxyl groups excluding tert-OH is 2. The van der Waals surface area contributed by atoms with Gasteiger partial charge in [0, 0.05) is 0 Å². The average Bonchev–Trinajstić information content (AvgIpc) is 3.14. The molecular formula is C17H26N5O7P. The normalized spacial score (nSPS) is 32.6. The maximum Gasteiger partial charge on any atom is 0.359 e. The molecule has 12 nitrogen and oxygen atoms in total. The number of fused-ring (bicyclic) bond motifs is 6. The van der Waals surface area contributed by atoms with Gasteiger partial charge in [-0.25, -0.2) is 15.0 Å². The number of anilines is 1. The van der Waals surface area contributed by atoms with Gasteiger partial charge >= 0.3 is 7.60 Å². The highest BCUT2D eigenvalue weighted by atomic mass is 31.2. The summed E-state index contributed by atoms with van der Waals surface area (Å²) in [6.45, 7) is 5.66. The van der Waals surface area contributed by atoms with Crippen molar-refractivity contribution in [3.05, 3.63) is 12.2 Å². The number of aliphatic hydroxyl groups is 3. The molecule has 7 atom stereocenters. The van der Waals surface area contributed by atoms with Gasteiger partial charge in [0.05, 0.1) is 11.5 Å². The van der Waals surface area contributed by atoms with Crippen LogP contribution in [0.4, 0.5) is 5.82 Å². The van der Waals surface area contributed by atoms with Gasteiger partial charge in [-0.1, -0.05) is 6.92 Å². The number of rotatable bonds is 5. The topological polar surface area (TPSA) is 186 Å². The number of aromatic nitrogens is 4. The van der Waals surface area contributed by atoms with Crippen LogP contribution in [-0.2, 0) is 13.8 Å². The molecule has 3 unspecified atom stereocenters. The molecule has 0 radical (unpaired) electrons. The van der Waals surface area contributed by atoms with Crippen LogP contribution in [-0.4, -0.2) is 69.0 Å². The molecule has 4 heterocycles. The van der Waals surface area contributed by atoms with E-state index in [1.807, 2.05) is 0 Å². The maximum absolute atomic E-state index is 12.8. The minimum atomic E-state index is -4.53. The van der Waals surface area contributed by atoms with Gasteiger partial charge in [0.2, 0.25) is 0 Å². The molecule has 4 rings (SSSR count). The summed E-state index contributed by atoms with van der Waals surface area (Å²) in [4.78, 5) is 23.1. The standard InChI is InChI=1S/C17H26N5O7P/c1-5-17(4,29-30(26,27)16(2,3)25)7-11-9(23)10(24)15(28-11)22-13(7)21-8-12(18)19-6-20-14(8)22/h6-7,9-11,15,23-25H,5H2,1-4H3,(H,26,27)(H2,18,19,20)/t7-,9+,10-,11?,15-,17?/m1/s1. The van der Waals surface area contributed by atoms with Gasteiger partial charge in [-0.2, -0.15) is 0 Å². The minimum absolute atomic E-state index is 0.120. The molecule has 2 aliphatic rings. The zero-order valence-corrected chi connectivity index (χ0v) is 17.9. The summed E-state index contributed by atoms with van der Waals surface area (Å²) in [5, 5.41) is 29.4. The van der Waals surface area contributed by atoms with E-state index in [1.165, 1.54) is 24.7 Å². The molecule has 2 aromatic heterocycles. The molecule has 2 aromatic rings. The van der Waals surface area contributed by atoms with Crippen molar-refractivity contribution in [1.82, 2.24) is 19.5 Å². The Hall–Kier alpha value is -1.66. The number of hydrogen-bond acceptors (Lipinski definition) is 10. The van der Waals surface area contributed by atoms with E-state index in [0.717, 1.165) is 0 Å². The van der Waals surface area contributed by atoms with Crippen LogP contribution in [0.2, 0.25) is 0 Å². The molecule has 0 aromatic carbocycles. The molecule has 2 bridgehead atoms. The monoisotopic (exact) mass is 443 g/mol. The van der Waals surface area contributed by atoms with Crippen molar-refractivity contribution in [2.45, 2.75) is 75.5 Å². The van der Waals surface area contributed by atoms with E-state index in [1.54, 1.807) is 13.8 Å². The highest BCUT2D eigenvalue weighted by molar-refractivity contribution is 7.54. The van der Waals surface area contributed by atoms with Crippen LogP contribution in [0.15, 0.2) is 6.33 Å². The Morgan fingerprint density at radius 2 is 1.97 bits per heavy atom. The van der Waals surface area contributed by atoms with Crippen molar-refractivity contribution in [1.29, 1.82) is 0 Å². The lowest BCUT2D eigenvalue weighted by Crippen LogP contribution is -2.48. The van der Waals surface area contributed by atoms with E-state index in [9.17, 15) is 24.8 Å². The van der Waals surface area contributed by atoms with E-state index in [0.29, 0.717) is 11.5 Å². The molecule has 1 fully saturated rings. The Bertz CT molecular complexity index is 1040. The van der Waals surface area contributed by atoms with E-state index >= 15 is 0 Å². The third kappa shape index (κ3) is 2.90. The summed E-state index contributed by atoms with van der Waals surface area (Å²) in [7, 11) is -4.53. The van der Waals surface area contributed by atoms with Crippen LogP contribution in [0, 0.1) is 0 Å². The molecule has 13 heteroatoms. The molecule has 0 aliphatic carbocycles. The van der Waals surface area contributed by atoms with Crippen LogP contribution in [0.3, 0.4) is 0 Å². The van der Waals surface area contributed by atoms with Gasteiger partial charge in [-0.05, 0) is 27.2 Å². The van der Waals surface area contributed by atoms with E-state index in [4.69, 9.17) is 15.0 Å². The van der Waals surface area contributed by atoms with Gasteiger partial charge in [-0.3, -0.25) is 13.7 Å². The molecule has 166 valence electrons. The molecule has 0 saturated carbocycles. The lowest BCUT2D eigenvalue weighted by Gasteiger charge is -2.44. The third-order valence-electron chi connectivity index (χ3n) is 6.05. The number of nitrogens with two attached hydrogens (primary N) is 1. The fraction of sp³-hybridized carbons (Fsp3) is 0.706. The number of hydrogen-bond donors (Lipinski definition) is 5. The second kappa shape index (κ2) is 6.67. The number of imidazole rings is 1. The van der Waals surface area contributed by atoms with Crippen molar-refractivity contribution in [3.8, 4) is 0 Å². The predicted octanol–water partition coefficient (Wildman–Crippen LogP) is 0.224. The summed E-state index contributed by atoms with van der Waals surface area (Å²) in [5.41, 5.74) is 5.11. The zero-order valence-electron chi connectivity index (χ0n) is 17.0. The Balaban J connectivity index is 1.93. The van der Waals surface area contributed by atoms with Crippen LogP contribution in [0.5, 0.6) is 0 Å². The Morgan fingerprint density at radius 3 is 2.57 bits per heavy atom. The Labute approximate surface area is 172 Å². The summed E-state index contributed by atoms with van der Waals surface area (Å²) in [5.74, 6) is -0.438. The number of nitrogen functional groups attached to an aromatic ring is 1. The molecular weight excluding hydrogens is 417 g/mol. The number of ether oxygens (including phenoxy) is 1. The SMILES string of the molecule is CCC(C)(OP(=O)(O)C(C)(C)O)[C@H]1c2nc3c(N)ncnc3n2[C@@H]2OC1[C@@H](O)[C@H]2O. The first-order valence-electron chi connectivity index (χ1n) is 9.58. The second-order valence-electron chi connectivity index (χ2n) is 8.49. The smallest absolute Gasteiger partial charge is 0.359 e. The maximum atomic E-state index is 12.8. The molecule has 0 amide bonds. The van der Waals surface area contributed by atoms with E-state index in [-0.39, 0.29) is 17.8 Å². The quantitative estimate of drug-likeness (QED) is 0.398. The van der Waals surface area contributed by atoms with Crippen molar-refractivity contribution < 1.29 is 34.0 Å². The van der Waals surface area contributed by atoms with Crippen LogP contribution >= 0.6 is 7.60 Å². The van der Waals surface area contributed by atoms with E-state index < -0.39 is 49.0 Å². The van der Waals surface area contributed by atoms with Crippen LogP contribution < -0.4 is 5.73 Å². The van der Waals surface area contributed by atoms with Crippen LogP contribution in [0.1, 0.15) is 52.1 Å². The highest BCUT2D eigenvalue weighted by Gasteiger charge is 2.60. The van der Waals surface area contributed by atoms with Crippen LogP contribution in [0.25, 0.3) is 11.2 Å². The molecule has 6 N–H and O–H groups in total. The van der Waals surface area contributed by atoms with Crippen molar-refractivity contribution in [2.75, 3.05) is 5.73 Å². The summed E-state index contributed by atoms with van der Waals surface area (Å²) in [6.07, 6.45) is -3.08. The first-order chi connectivity index (χ1) is 13.8. The average molecular weight is 443 g/mol. The van der Waals surface area contributed by atoms with Gasteiger partial charge in [0.15, 0.2) is 28.6 Å². The summed E-state index contributed by atoms with van der Waals surface area (Å²) < 4.78 is 25.9. The summed E-state index contributed by atoms with van der Waals surface area (Å²) in [6, 6.07) is 0. The first-order valence-corrected chi connectivity index (χ1v) is 11.2. The predicted molar refractivity (Wildman–Crippen MR) is 104 cm³/mol. The third-order valence-corrected chi connectivity index (χ3v) is 8.10. The molecule has 30 heavy (non-hydrogen) atoms. The zero-order chi connectivity index (χ0) is 22.2. The van der Waals surface area contributed by atoms with Gasteiger partial charge in [0.1, 0.15) is 30.5 Å². The van der Waals surface area contributed by atoms with Gasteiger partial charge in [0.25, 0.3) is 0 Å². The lowest BCUT2D eigenvalue weighted by atomic mass is 9.80. The Morgan fingerprint density at radius 1 is 1.30 bits per heavy atom. The van der Waals surface area contributed by atoms with Gasteiger partial charge in [-0.15, -0.1) is 0 Å². The van der Waals surface area contributed by atoms with Gasteiger partial charge < -0.3 is 30.7 Å². The number of nitrogens with zero attached hydrogens (tertiary/aromatic N) is 4. The first kappa shape index (κ1) is 21.6. The molecule has 2 aliphatic heterocycles. The van der Waals surface area contributed by atoms with Crippen molar-refractivity contribution in [2.24, 2.45) is 0 Å². The molecule has 0 spiro atoms. The minimum Gasteiger partial charge on any atom is -0.387 e.